The van der Waals surface area contributed by atoms with Gasteiger partial charge in [0.05, 0.1) is 0 Å². The van der Waals surface area contributed by atoms with E-state index in [-0.39, 0.29) is 0 Å². The number of unbranched alkanes of at least 4 members (excludes halogenated alkanes) is 10. The monoisotopic (exact) mass is 478 g/mol. The van der Waals surface area contributed by atoms with Crippen LogP contribution in [0.4, 0.5) is 0 Å². The summed E-state index contributed by atoms with van der Waals surface area (Å²) >= 11 is 0.548. The van der Waals surface area contributed by atoms with Crippen molar-refractivity contribution in [3.63, 3.8) is 0 Å². The van der Waals surface area contributed by atoms with E-state index in [2.05, 4.69) is 39.5 Å². The van der Waals surface area contributed by atoms with Gasteiger partial charge < -0.3 is 0 Å². The Labute approximate surface area is 170 Å². The van der Waals surface area contributed by atoms with Crippen molar-refractivity contribution in [2.24, 2.45) is 0 Å². The molecule has 0 N–H and O–H groups in total. The van der Waals surface area contributed by atoms with Gasteiger partial charge in [0.25, 0.3) is 0 Å². The average Bonchev–Trinajstić information content (AvgIpc) is 2.64. The second-order valence-electron chi connectivity index (χ2n) is 8.34. The van der Waals surface area contributed by atoms with Crippen LogP contribution >= 0.6 is 11.8 Å². The van der Waals surface area contributed by atoms with Crippen molar-refractivity contribution in [2.75, 3.05) is 9.52 Å². The standard InChI is InChI=1S/C11H23S.3C4H9.Sn/c1-3-4-5-6-7-8-9-10-11-12-2;3*1-3-4-2;/h2-11H2,1H3;3*1,3-4H2,2H3;. The molecule has 0 saturated carbocycles. The van der Waals surface area contributed by atoms with Crippen LogP contribution in [-0.2, 0) is 0 Å². The van der Waals surface area contributed by atoms with Crippen LogP contribution in [0.5, 0.6) is 0 Å². The third kappa shape index (κ3) is 15.9. The molecule has 0 bridgehead atoms. The van der Waals surface area contributed by atoms with E-state index in [1.54, 1.807) is 17.1 Å². The molecule has 25 heavy (non-hydrogen) atoms. The Morgan fingerprint density at radius 2 is 0.880 bits per heavy atom. The molecule has 0 saturated heterocycles. The van der Waals surface area contributed by atoms with E-state index in [1.165, 1.54) is 95.6 Å². The van der Waals surface area contributed by atoms with Gasteiger partial charge in [0.1, 0.15) is 0 Å². The molecule has 2 heteroatoms. The fourth-order valence-corrected chi connectivity index (χ4v) is 25.5. The molecule has 0 fully saturated rings. The normalized spacial score (nSPS) is 12.0. The molecule has 0 aliphatic rings. The van der Waals surface area contributed by atoms with Gasteiger partial charge in [0, 0.05) is 0 Å². The molecule has 0 spiro atoms. The second kappa shape index (κ2) is 19.9. The second-order valence-corrected chi connectivity index (χ2v) is 24.8. The first-order valence-electron chi connectivity index (χ1n) is 11.8. The van der Waals surface area contributed by atoms with Crippen LogP contribution < -0.4 is 0 Å². The molecule has 0 aliphatic heterocycles. The summed E-state index contributed by atoms with van der Waals surface area (Å²) in [5.74, 6) is 1.46. The van der Waals surface area contributed by atoms with E-state index < -0.39 is 18.4 Å². The van der Waals surface area contributed by atoms with Crippen LogP contribution in [0.1, 0.15) is 118 Å². The third-order valence-electron chi connectivity index (χ3n) is 5.73. The van der Waals surface area contributed by atoms with Gasteiger partial charge in [0.15, 0.2) is 0 Å². The molecular formula is C23H50SSn. The van der Waals surface area contributed by atoms with Gasteiger partial charge in [-0.05, 0) is 0 Å². The van der Waals surface area contributed by atoms with Crippen molar-refractivity contribution < 1.29 is 0 Å². The molecule has 0 aliphatic carbocycles. The van der Waals surface area contributed by atoms with Crippen LogP contribution in [0, 0.1) is 0 Å². The summed E-state index contributed by atoms with van der Waals surface area (Å²) in [6.45, 7) is 9.49. The molecule has 152 valence electrons. The first-order chi connectivity index (χ1) is 12.2. The fraction of sp³-hybridized carbons (Fsp3) is 1.00. The Kier molecular flexibility index (Phi) is 20.8. The van der Waals surface area contributed by atoms with Gasteiger partial charge in [-0.1, -0.05) is 0 Å². The summed E-state index contributed by atoms with van der Waals surface area (Å²) < 4.78 is 6.71. The van der Waals surface area contributed by atoms with E-state index in [4.69, 9.17) is 0 Å². The van der Waals surface area contributed by atoms with Crippen molar-refractivity contribution in [1.82, 2.24) is 0 Å². The van der Waals surface area contributed by atoms with E-state index in [9.17, 15) is 0 Å². The van der Waals surface area contributed by atoms with Gasteiger partial charge in [-0.25, -0.2) is 0 Å². The van der Waals surface area contributed by atoms with E-state index in [0.29, 0.717) is 0 Å². The Bertz CT molecular complexity index is 233. The topological polar surface area (TPSA) is 0 Å². The molecular weight excluding hydrogens is 427 g/mol. The van der Waals surface area contributed by atoms with E-state index in [0.717, 1.165) is 0 Å². The number of hydrogen-bond donors (Lipinski definition) is 0. The third-order valence-corrected chi connectivity index (χ3v) is 26.2. The van der Waals surface area contributed by atoms with Crippen molar-refractivity contribution in [2.45, 2.75) is 131 Å². The first kappa shape index (κ1) is 26.1. The Hall–Kier alpha value is 1.15. The van der Waals surface area contributed by atoms with Gasteiger partial charge in [-0.15, -0.1) is 0 Å². The van der Waals surface area contributed by atoms with Crippen molar-refractivity contribution in [3.8, 4) is 0 Å². The maximum atomic E-state index is 2.39. The van der Waals surface area contributed by atoms with Gasteiger partial charge in [-0.2, -0.15) is 0 Å². The van der Waals surface area contributed by atoms with Crippen molar-refractivity contribution in [3.05, 3.63) is 0 Å². The first-order valence-corrected chi connectivity index (χ1v) is 21.0. The predicted molar refractivity (Wildman–Crippen MR) is 125 cm³/mol. The molecule has 0 aromatic rings. The summed E-state index contributed by atoms with van der Waals surface area (Å²) in [5, 5.41) is 0. The number of hydrogen-bond acceptors (Lipinski definition) is 1. The Morgan fingerprint density at radius 3 is 1.32 bits per heavy atom. The maximum absolute atomic E-state index is 2.39. The SMILES string of the molecule is CCCCCCCCCCS[CH2][Sn]([CH2]CCC)([CH2]CCC)[CH2]CCC. The van der Waals surface area contributed by atoms with Crippen LogP contribution in [0.2, 0.25) is 13.3 Å². The van der Waals surface area contributed by atoms with E-state index in [1.807, 2.05) is 0 Å². The van der Waals surface area contributed by atoms with Crippen LogP contribution in [0.15, 0.2) is 0 Å². The van der Waals surface area contributed by atoms with Crippen LogP contribution in [0.3, 0.4) is 0 Å². The van der Waals surface area contributed by atoms with Crippen LogP contribution in [0.25, 0.3) is 0 Å². The Morgan fingerprint density at radius 1 is 0.480 bits per heavy atom. The summed E-state index contributed by atoms with van der Waals surface area (Å²) in [4.78, 5) is 0. The summed E-state index contributed by atoms with van der Waals surface area (Å²) in [6, 6.07) is 0. The summed E-state index contributed by atoms with van der Waals surface area (Å²) in [7, 11) is 0. The molecule has 0 nitrogen and oxygen atoms in total. The number of thioether (sulfide) groups is 1. The number of rotatable bonds is 20. The summed E-state index contributed by atoms with van der Waals surface area (Å²) in [6.07, 6.45) is 20.5. The van der Waals surface area contributed by atoms with Crippen LogP contribution in [-0.4, -0.2) is 27.9 Å². The predicted octanol–water partition coefficient (Wildman–Crippen LogP) is 9.25. The molecule has 0 rings (SSSR count). The van der Waals surface area contributed by atoms with Crippen molar-refractivity contribution >= 4 is 30.1 Å². The van der Waals surface area contributed by atoms with Gasteiger partial charge in [0.2, 0.25) is 0 Å². The Balaban J connectivity index is 4.01. The molecule has 0 aromatic carbocycles. The molecule has 0 amide bonds. The quantitative estimate of drug-likeness (QED) is 0.124. The van der Waals surface area contributed by atoms with Gasteiger partial charge >= 0.3 is 171 Å². The summed E-state index contributed by atoms with van der Waals surface area (Å²) in [5.41, 5.74) is 0. The molecule has 0 unspecified atom stereocenters. The molecule has 0 radical (unpaired) electrons. The van der Waals surface area contributed by atoms with E-state index >= 15 is 0 Å². The van der Waals surface area contributed by atoms with Crippen molar-refractivity contribution in [1.29, 1.82) is 0 Å². The fourth-order valence-electron chi connectivity index (χ4n) is 3.87. The average molecular weight is 477 g/mol. The molecule has 0 heterocycles. The minimum absolute atomic E-state index is 1.37. The zero-order chi connectivity index (χ0) is 18.6. The van der Waals surface area contributed by atoms with Gasteiger partial charge in [-0.3, -0.25) is 0 Å². The molecule has 0 aromatic heterocycles. The molecule has 0 atom stereocenters. The zero-order valence-electron chi connectivity index (χ0n) is 18.3. The minimum atomic E-state index is -1.83. The zero-order valence-corrected chi connectivity index (χ0v) is 22.0.